The van der Waals surface area contributed by atoms with Gasteiger partial charge in [0.15, 0.2) is 0 Å². The van der Waals surface area contributed by atoms with Crippen LogP contribution in [0.25, 0.3) is 22.8 Å². The average molecular weight is 331 g/mol. The van der Waals surface area contributed by atoms with Gasteiger partial charge in [-0.1, -0.05) is 21.1 Å². The standard InChI is InChI=1S/C14H11BrN4O/c1-8-6-9(15)2-3-10(8)13-18-14(20-19-13)11-4-5-17-7-12(11)16/h2-7H,16H2,1H3. The maximum Gasteiger partial charge on any atom is 0.260 e. The molecule has 0 saturated carbocycles. The van der Waals surface area contributed by atoms with Crippen molar-refractivity contribution in [3.05, 3.63) is 46.7 Å². The van der Waals surface area contributed by atoms with Crippen molar-refractivity contribution in [2.24, 2.45) is 0 Å². The third-order valence-corrected chi connectivity index (χ3v) is 3.43. The van der Waals surface area contributed by atoms with Gasteiger partial charge in [-0.3, -0.25) is 4.98 Å². The highest BCUT2D eigenvalue weighted by molar-refractivity contribution is 9.10. The van der Waals surface area contributed by atoms with E-state index in [9.17, 15) is 0 Å². The molecule has 0 aliphatic carbocycles. The van der Waals surface area contributed by atoms with Gasteiger partial charge in [0.25, 0.3) is 5.89 Å². The molecule has 0 saturated heterocycles. The van der Waals surface area contributed by atoms with Crippen LogP contribution in [0.3, 0.4) is 0 Å². The number of aryl methyl sites for hydroxylation is 1. The van der Waals surface area contributed by atoms with E-state index in [2.05, 4.69) is 31.1 Å². The summed E-state index contributed by atoms with van der Waals surface area (Å²) in [6.07, 6.45) is 3.20. The van der Waals surface area contributed by atoms with Gasteiger partial charge in [-0.05, 0) is 36.8 Å². The molecule has 2 heterocycles. The molecular weight excluding hydrogens is 320 g/mol. The van der Waals surface area contributed by atoms with Crippen LogP contribution in [-0.2, 0) is 0 Å². The number of nitrogen functional groups attached to an aromatic ring is 1. The molecule has 1 aromatic carbocycles. The van der Waals surface area contributed by atoms with E-state index in [0.29, 0.717) is 23.0 Å². The van der Waals surface area contributed by atoms with Crippen molar-refractivity contribution >= 4 is 21.6 Å². The van der Waals surface area contributed by atoms with Crippen molar-refractivity contribution < 1.29 is 4.52 Å². The third kappa shape index (κ3) is 2.30. The smallest absolute Gasteiger partial charge is 0.260 e. The Morgan fingerprint density at radius 1 is 1.20 bits per heavy atom. The first kappa shape index (κ1) is 12.8. The second-order valence-electron chi connectivity index (χ2n) is 4.35. The summed E-state index contributed by atoms with van der Waals surface area (Å²) in [5.74, 6) is 0.934. The summed E-state index contributed by atoms with van der Waals surface area (Å²) in [4.78, 5) is 8.34. The molecule has 6 heteroatoms. The van der Waals surface area contributed by atoms with E-state index in [1.807, 2.05) is 25.1 Å². The lowest BCUT2D eigenvalue weighted by atomic mass is 10.1. The molecule has 100 valence electrons. The molecule has 0 aliphatic heterocycles. The van der Waals surface area contributed by atoms with Crippen LogP contribution >= 0.6 is 15.9 Å². The lowest BCUT2D eigenvalue weighted by Crippen LogP contribution is -1.91. The number of nitrogens with zero attached hydrogens (tertiary/aromatic N) is 3. The average Bonchev–Trinajstić information content (AvgIpc) is 2.88. The Bertz CT molecular complexity index is 769. The largest absolute Gasteiger partial charge is 0.397 e. The molecule has 2 aromatic heterocycles. The molecule has 0 radical (unpaired) electrons. The van der Waals surface area contributed by atoms with Crippen LogP contribution in [0, 0.1) is 6.92 Å². The zero-order valence-corrected chi connectivity index (χ0v) is 12.3. The van der Waals surface area contributed by atoms with Gasteiger partial charge in [0.1, 0.15) is 0 Å². The quantitative estimate of drug-likeness (QED) is 0.778. The summed E-state index contributed by atoms with van der Waals surface area (Å²) in [7, 11) is 0. The van der Waals surface area contributed by atoms with Gasteiger partial charge >= 0.3 is 0 Å². The van der Waals surface area contributed by atoms with Crippen molar-refractivity contribution in [3.8, 4) is 22.8 Å². The molecule has 0 spiro atoms. The molecule has 0 amide bonds. The number of pyridine rings is 1. The third-order valence-electron chi connectivity index (χ3n) is 2.94. The summed E-state index contributed by atoms with van der Waals surface area (Å²) in [6, 6.07) is 7.65. The Morgan fingerprint density at radius 2 is 2.05 bits per heavy atom. The number of nitrogens with two attached hydrogens (primary N) is 1. The minimum Gasteiger partial charge on any atom is -0.397 e. The van der Waals surface area contributed by atoms with Crippen LogP contribution in [0.1, 0.15) is 5.56 Å². The molecule has 0 fully saturated rings. The highest BCUT2D eigenvalue weighted by Gasteiger charge is 2.14. The number of hydrogen-bond donors (Lipinski definition) is 1. The number of aromatic nitrogens is 3. The Kier molecular flexibility index (Phi) is 3.23. The second kappa shape index (κ2) is 5.05. The van der Waals surface area contributed by atoms with E-state index in [1.54, 1.807) is 18.5 Å². The van der Waals surface area contributed by atoms with Crippen molar-refractivity contribution in [1.82, 2.24) is 15.1 Å². The summed E-state index contributed by atoms with van der Waals surface area (Å²) in [5, 5.41) is 4.02. The van der Waals surface area contributed by atoms with Gasteiger partial charge in [-0.15, -0.1) is 0 Å². The molecule has 0 unspecified atom stereocenters. The van der Waals surface area contributed by atoms with Crippen LogP contribution in [-0.4, -0.2) is 15.1 Å². The number of halogens is 1. The summed E-state index contributed by atoms with van der Waals surface area (Å²) < 4.78 is 6.31. The Morgan fingerprint density at radius 3 is 2.80 bits per heavy atom. The molecule has 0 atom stereocenters. The van der Waals surface area contributed by atoms with Crippen LogP contribution in [0.2, 0.25) is 0 Å². The minimum atomic E-state index is 0.391. The maximum atomic E-state index is 5.85. The van der Waals surface area contributed by atoms with Crippen molar-refractivity contribution in [2.75, 3.05) is 5.73 Å². The summed E-state index contributed by atoms with van der Waals surface area (Å²) >= 11 is 3.43. The van der Waals surface area contributed by atoms with Crippen LogP contribution in [0.15, 0.2) is 45.7 Å². The van der Waals surface area contributed by atoms with Crippen LogP contribution < -0.4 is 5.73 Å². The topological polar surface area (TPSA) is 77.8 Å². The van der Waals surface area contributed by atoms with E-state index in [4.69, 9.17) is 10.3 Å². The number of benzene rings is 1. The lowest BCUT2D eigenvalue weighted by Gasteiger charge is -2.00. The van der Waals surface area contributed by atoms with Crippen molar-refractivity contribution in [3.63, 3.8) is 0 Å². The first-order valence-electron chi connectivity index (χ1n) is 5.95. The van der Waals surface area contributed by atoms with E-state index < -0.39 is 0 Å². The predicted molar refractivity (Wildman–Crippen MR) is 79.8 cm³/mol. The van der Waals surface area contributed by atoms with E-state index in [1.165, 1.54) is 0 Å². The van der Waals surface area contributed by atoms with Crippen molar-refractivity contribution in [2.45, 2.75) is 6.92 Å². The van der Waals surface area contributed by atoms with Gasteiger partial charge in [-0.2, -0.15) is 4.98 Å². The van der Waals surface area contributed by atoms with Gasteiger partial charge in [-0.25, -0.2) is 0 Å². The first-order valence-corrected chi connectivity index (χ1v) is 6.74. The molecule has 2 N–H and O–H groups in total. The van der Waals surface area contributed by atoms with Gasteiger partial charge in [0, 0.05) is 16.2 Å². The Labute approximate surface area is 124 Å². The fourth-order valence-corrected chi connectivity index (χ4v) is 2.40. The second-order valence-corrected chi connectivity index (χ2v) is 5.26. The predicted octanol–water partition coefficient (Wildman–Crippen LogP) is 3.45. The summed E-state index contributed by atoms with van der Waals surface area (Å²) in [6.45, 7) is 2.00. The zero-order valence-electron chi connectivity index (χ0n) is 10.7. The zero-order chi connectivity index (χ0) is 14.1. The van der Waals surface area contributed by atoms with Gasteiger partial charge in [0.05, 0.1) is 17.4 Å². The highest BCUT2D eigenvalue weighted by Crippen LogP contribution is 2.28. The van der Waals surface area contributed by atoms with E-state index in [-0.39, 0.29) is 0 Å². The van der Waals surface area contributed by atoms with E-state index >= 15 is 0 Å². The minimum absolute atomic E-state index is 0.391. The first-order chi connectivity index (χ1) is 9.65. The fraction of sp³-hybridized carbons (Fsp3) is 0.0714. The molecule has 20 heavy (non-hydrogen) atoms. The van der Waals surface area contributed by atoms with Crippen molar-refractivity contribution in [1.29, 1.82) is 0 Å². The normalized spacial score (nSPS) is 10.7. The van der Waals surface area contributed by atoms with Gasteiger partial charge < -0.3 is 10.3 Å². The van der Waals surface area contributed by atoms with Crippen LogP contribution in [0.4, 0.5) is 5.69 Å². The molecule has 0 bridgehead atoms. The number of hydrogen-bond acceptors (Lipinski definition) is 5. The molecule has 3 aromatic rings. The molecule has 0 aliphatic rings. The Balaban J connectivity index is 2.04. The van der Waals surface area contributed by atoms with Crippen LogP contribution in [0.5, 0.6) is 0 Å². The monoisotopic (exact) mass is 330 g/mol. The highest BCUT2D eigenvalue weighted by atomic mass is 79.9. The Hall–Kier alpha value is -2.21. The number of rotatable bonds is 2. The fourth-order valence-electron chi connectivity index (χ4n) is 1.92. The van der Waals surface area contributed by atoms with E-state index in [0.717, 1.165) is 15.6 Å². The van der Waals surface area contributed by atoms with Gasteiger partial charge in [0.2, 0.25) is 5.82 Å². The number of anilines is 1. The molecular formula is C14H11BrN4O. The summed E-state index contributed by atoms with van der Waals surface area (Å²) in [5.41, 5.74) is 9.04. The SMILES string of the molecule is Cc1cc(Br)ccc1-c1noc(-c2ccncc2N)n1. The molecule has 3 rings (SSSR count). The molecule has 5 nitrogen and oxygen atoms in total. The lowest BCUT2D eigenvalue weighted by molar-refractivity contribution is 0.432. The maximum absolute atomic E-state index is 5.85.